The zero-order valence-electron chi connectivity index (χ0n) is 14.8. The molecule has 0 unspecified atom stereocenters. The molecule has 4 rings (SSSR count). The summed E-state index contributed by atoms with van der Waals surface area (Å²) in [6, 6.07) is 15.0. The highest BCUT2D eigenvalue weighted by Crippen LogP contribution is 2.25. The molecule has 0 saturated carbocycles. The number of hydrogen-bond acceptors (Lipinski definition) is 5. The minimum absolute atomic E-state index is 0.194. The molecule has 0 radical (unpaired) electrons. The number of aromatic nitrogens is 3. The van der Waals surface area contributed by atoms with E-state index >= 15 is 0 Å². The van der Waals surface area contributed by atoms with Gasteiger partial charge in [-0.25, -0.2) is 9.67 Å². The summed E-state index contributed by atoms with van der Waals surface area (Å²) < 4.78 is 1.18. The molecule has 2 heterocycles. The lowest BCUT2D eigenvalue weighted by Gasteiger charge is -2.07. The van der Waals surface area contributed by atoms with E-state index in [1.807, 2.05) is 36.6 Å². The van der Waals surface area contributed by atoms with Gasteiger partial charge in [-0.15, -0.1) is 11.3 Å². The van der Waals surface area contributed by atoms with E-state index in [1.165, 1.54) is 28.6 Å². The molecule has 2 aromatic carbocycles. The Hall–Kier alpha value is -3.32. The summed E-state index contributed by atoms with van der Waals surface area (Å²) in [6.07, 6.45) is 0. The van der Waals surface area contributed by atoms with Crippen LogP contribution in [0.15, 0.2) is 58.7 Å². The number of thiazole rings is 1. The second-order valence-corrected chi connectivity index (χ2v) is 7.04. The maximum atomic E-state index is 12.8. The summed E-state index contributed by atoms with van der Waals surface area (Å²) in [5.41, 5.74) is 2.92. The summed E-state index contributed by atoms with van der Waals surface area (Å²) in [7, 11) is 1.53. The molecular formula is C20H16N4O2S. The third kappa shape index (κ3) is 3.24. The largest absolute Gasteiger partial charge is 0.296 e. The van der Waals surface area contributed by atoms with E-state index in [1.54, 1.807) is 24.3 Å². The van der Waals surface area contributed by atoms with Gasteiger partial charge in [-0.1, -0.05) is 48.0 Å². The SMILES string of the molecule is Cc1ccc(-c2csc(NC(=O)c3nn(C)c(=O)c4ccccc34)n2)cc1. The zero-order chi connectivity index (χ0) is 19.0. The van der Waals surface area contributed by atoms with E-state index in [-0.39, 0.29) is 11.3 Å². The van der Waals surface area contributed by atoms with Crippen molar-refractivity contribution in [1.29, 1.82) is 0 Å². The predicted molar refractivity (Wildman–Crippen MR) is 107 cm³/mol. The summed E-state index contributed by atoms with van der Waals surface area (Å²) in [5, 5.41) is 10.3. The summed E-state index contributed by atoms with van der Waals surface area (Å²) in [6.45, 7) is 2.03. The first-order valence-electron chi connectivity index (χ1n) is 8.33. The Labute approximate surface area is 159 Å². The van der Waals surface area contributed by atoms with Crippen LogP contribution in [0.2, 0.25) is 0 Å². The number of amides is 1. The van der Waals surface area contributed by atoms with Crippen LogP contribution >= 0.6 is 11.3 Å². The van der Waals surface area contributed by atoms with Crippen LogP contribution in [0.5, 0.6) is 0 Å². The third-order valence-electron chi connectivity index (χ3n) is 4.24. The molecule has 0 aliphatic rings. The number of fused-ring (bicyclic) bond motifs is 1. The summed E-state index contributed by atoms with van der Waals surface area (Å²) >= 11 is 1.34. The number of hydrogen-bond donors (Lipinski definition) is 1. The highest BCUT2D eigenvalue weighted by molar-refractivity contribution is 7.14. The zero-order valence-corrected chi connectivity index (χ0v) is 15.6. The number of nitrogens with one attached hydrogen (secondary N) is 1. The first-order valence-corrected chi connectivity index (χ1v) is 9.21. The van der Waals surface area contributed by atoms with Crippen molar-refractivity contribution in [3.63, 3.8) is 0 Å². The van der Waals surface area contributed by atoms with Crippen molar-refractivity contribution in [2.24, 2.45) is 7.05 Å². The van der Waals surface area contributed by atoms with Crippen molar-refractivity contribution in [1.82, 2.24) is 14.8 Å². The van der Waals surface area contributed by atoms with Crippen LogP contribution in [-0.4, -0.2) is 20.7 Å². The number of carbonyl (C=O) groups is 1. The van der Waals surface area contributed by atoms with Gasteiger partial charge in [0, 0.05) is 23.4 Å². The Morgan fingerprint density at radius 3 is 2.52 bits per heavy atom. The first kappa shape index (κ1) is 17.1. The number of rotatable bonds is 3. The van der Waals surface area contributed by atoms with Crippen molar-refractivity contribution < 1.29 is 4.79 Å². The smallest absolute Gasteiger partial charge is 0.278 e. The number of anilines is 1. The van der Waals surface area contributed by atoms with E-state index in [0.29, 0.717) is 15.9 Å². The highest BCUT2D eigenvalue weighted by Gasteiger charge is 2.17. The average Bonchev–Trinajstić information content (AvgIpc) is 3.13. The van der Waals surface area contributed by atoms with E-state index in [2.05, 4.69) is 15.4 Å². The van der Waals surface area contributed by atoms with Crippen LogP contribution in [0, 0.1) is 6.92 Å². The van der Waals surface area contributed by atoms with Crippen LogP contribution < -0.4 is 10.9 Å². The first-order chi connectivity index (χ1) is 13.0. The fourth-order valence-electron chi connectivity index (χ4n) is 2.81. The Morgan fingerprint density at radius 1 is 1.07 bits per heavy atom. The van der Waals surface area contributed by atoms with Gasteiger partial charge >= 0.3 is 0 Å². The van der Waals surface area contributed by atoms with E-state index in [4.69, 9.17) is 0 Å². The van der Waals surface area contributed by atoms with Gasteiger partial charge in [0.05, 0.1) is 11.1 Å². The van der Waals surface area contributed by atoms with Gasteiger partial charge in [-0.3, -0.25) is 14.9 Å². The molecule has 0 saturated heterocycles. The Kier molecular flexibility index (Phi) is 4.29. The lowest BCUT2D eigenvalue weighted by atomic mass is 10.1. The molecule has 0 aliphatic heterocycles. The molecule has 0 fully saturated rings. The molecule has 1 N–H and O–H groups in total. The monoisotopic (exact) mass is 376 g/mol. The third-order valence-corrected chi connectivity index (χ3v) is 5.00. The topological polar surface area (TPSA) is 76.9 Å². The lowest BCUT2D eigenvalue weighted by Crippen LogP contribution is -2.25. The van der Waals surface area contributed by atoms with Crippen LogP contribution in [0.3, 0.4) is 0 Å². The van der Waals surface area contributed by atoms with Gasteiger partial charge in [0.1, 0.15) is 0 Å². The van der Waals surface area contributed by atoms with Gasteiger partial charge in [0.25, 0.3) is 11.5 Å². The van der Waals surface area contributed by atoms with Gasteiger partial charge in [0.2, 0.25) is 0 Å². The van der Waals surface area contributed by atoms with Crippen molar-refractivity contribution >= 4 is 33.1 Å². The molecule has 1 amide bonds. The minimum Gasteiger partial charge on any atom is -0.296 e. The molecule has 0 aliphatic carbocycles. The van der Waals surface area contributed by atoms with Crippen molar-refractivity contribution in [2.45, 2.75) is 6.92 Å². The Morgan fingerprint density at radius 2 is 1.78 bits per heavy atom. The lowest BCUT2D eigenvalue weighted by molar-refractivity contribution is 0.102. The average molecular weight is 376 g/mol. The number of carbonyl (C=O) groups excluding carboxylic acids is 1. The van der Waals surface area contributed by atoms with Crippen molar-refractivity contribution in [3.8, 4) is 11.3 Å². The second-order valence-electron chi connectivity index (χ2n) is 6.18. The normalized spacial score (nSPS) is 10.9. The summed E-state index contributed by atoms with van der Waals surface area (Å²) in [4.78, 5) is 29.4. The molecule has 0 atom stereocenters. The molecule has 2 aromatic heterocycles. The fourth-order valence-corrected chi connectivity index (χ4v) is 3.53. The molecular weight excluding hydrogens is 360 g/mol. The van der Waals surface area contributed by atoms with Crippen LogP contribution in [0.1, 0.15) is 16.1 Å². The van der Waals surface area contributed by atoms with Crippen molar-refractivity contribution in [2.75, 3.05) is 5.32 Å². The van der Waals surface area contributed by atoms with Crippen molar-refractivity contribution in [3.05, 3.63) is 75.5 Å². The van der Waals surface area contributed by atoms with Crippen LogP contribution in [0.25, 0.3) is 22.0 Å². The van der Waals surface area contributed by atoms with Crippen LogP contribution in [-0.2, 0) is 7.05 Å². The maximum absolute atomic E-state index is 12.8. The molecule has 0 spiro atoms. The predicted octanol–water partition coefficient (Wildman–Crippen LogP) is 3.62. The van der Waals surface area contributed by atoms with Gasteiger partial charge in [0.15, 0.2) is 10.8 Å². The van der Waals surface area contributed by atoms with Crippen LogP contribution in [0.4, 0.5) is 5.13 Å². The fraction of sp³-hybridized carbons (Fsp3) is 0.100. The quantitative estimate of drug-likeness (QED) is 0.592. The number of nitrogens with zero attached hydrogens (tertiary/aromatic N) is 3. The van der Waals surface area contributed by atoms with E-state index in [9.17, 15) is 9.59 Å². The Bertz CT molecular complexity index is 1210. The van der Waals surface area contributed by atoms with Gasteiger partial charge in [-0.2, -0.15) is 5.10 Å². The van der Waals surface area contributed by atoms with Gasteiger partial charge in [-0.05, 0) is 13.0 Å². The number of benzene rings is 2. The Balaban J connectivity index is 1.66. The standard InChI is InChI=1S/C20H16N4O2S/c1-12-7-9-13(10-8-12)16-11-27-20(21-16)22-18(25)17-14-5-3-4-6-15(14)19(26)24(2)23-17/h3-11H,1-2H3,(H,21,22,25). The molecule has 134 valence electrons. The molecule has 4 aromatic rings. The number of aryl methyl sites for hydroxylation is 2. The molecule has 7 heteroatoms. The molecule has 6 nitrogen and oxygen atoms in total. The van der Waals surface area contributed by atoms with Gasteiger partial charge < -0.3 is 0 Å². The van der Waals surface area contributed by atoms with E-state index in [0.717, 1.165) is 11.3 Å². The molecule has 27 heavy (non-hydrogen) atoms. The second kappa shape index (κ2) is 6.77. The minimum atomic E-state index is -0.397. The highest BCUT2D eigenvalue weighted by atomic mass is 32.1. The van der Waals surface area contributed by atoms with E-state index < -0.39 is 5.91 Å². The molecule has 0 bridgehead atoms. The maximum Gasteiger partial charge on any atom is 0.278 e. The summed E-state index contributed by atoms with van der Waals surface area (Å²) in [5.74, 6) is -0.397.